The number of carbonyl (C=O) groups excluding carboxylic acids is 1. The van der Waals surface area contributed by atoms with Gasteiger partial charge in [-0.25, -0.2) is 4.79 Å². The molecule has 0 fully saturated rings. The van der Waals surface area contributed by atoms with E-state index in [0.717, 1.165) is 20.3 Å². The fraction of sp³-hybridized carbons (Fsp3) is 0.235. The Bertz CT molecular complexity index is 656. The molecule has 0 spiro atoms. The third kappa shape index (κ3) is 4.34. The van der Waals surface area contributed by atoms with Gasteiger partial charge in [-0.15, -0.1) is 0 Å². The summed E-state index contributed by atoms with van der Waals surface area (Å²) in [6, 6.07) is 10.7. The summed E-state index contributed by atoms with van der Waals surface area (Å²) in [5, 5.41) is 0. The van der Waals surface area contributed by atoms with E-state index in [1.807, 2.05) is 32.9 Å². The number of hydrogen-bond acceptors (Lipinski definition) is 3. The van der Waals surface area contributed by atoms with Crippen LogP contribution in [0.15, 0.2) is 45.3 Å². The number of benzene rings is 2. The molecule has 0 aliphatic heterocycles. The second-order valence-corrected chi connectivity index (χ2v) is 6.88. The Morgan fingerprint density at radius 2 is 1.73 bits per heavy atom. The standard InChI is InChI=1S/C17H16Br2O3/c1-10(2)21-14-6-4-12(5-7-14)17(20)22-16-11(3)8-13(18)9-15(16)19/h4-10H,1-3H3. The van der Waals surface area contributed by atoms with Crippen molar-refractivity contribution >= 4 is 37.8 Å². The molecule has 0 aromatic heterocycles. The first-order valence-electron chi connectivity index (χ1n) is 6.81. The predicted molar refractivity (Wildman–Crippen MR) is 93.7 cm³/mol. The monoisotopic (exact) mass is 426 g/mol. The zero-order valence-electron chi connectivity index (χ0n) is 12.5. The Hall–Kier alpha value is -1.33. The normalized spacial score (nSPS) is 10.6. The topological polar surface area (TPSA) is 35.5 Å². The Balaban J connectivity index is 2.16. The van der Waals surface area contributed by atoms with E-state index in [9.17, 15) is 4.79 Å². The van der Waals surface area contributed by atoms with E-state index >= 15 is 0 Å². The number of ether oxygens (including phenoxy) is 2. The largest absolute Gasteiger partial charge is 0.491 e. The van der Waals surface area contributed by atoms with Crippen molar-refractivity contribution in [2.24, 2.45) is 0 Å². The molecular weight excluding hydrogens is 412 g/mol. The Morgan fingerprint density at radius 3 is 2.27 bits per heavy atom. The molecule has 0 saturated heterocycles. The molecule has 0 saturated carbocycles. The Morgan fingerprint density at radius 1 is 1.09 bits per heavy atom. The number of aryl methyl sites for hydroxylation is 1. The van der Waals surface area contributed by atoms with E-state index in [-0.39, 0.29) is 6.10 Å². The smallest absolute Gasteiger partial charge is 0.343 e. The summed E-state index contributed by atoms with van der Waals surface area (Å²) in [7, 11) is 0. The molecular formula is C17H16Br2O3. The van der Waals surface area contributed by atoms with Gasteiger partial charge in [0.15, 0.2) is 0 Å². The van der Waals surface area contributed by atoms with E-state index in [2.05, 4.69) is 31.9 Å². The van der Waals surface area contributed by atoms with Crippen LogP contribution >= 0.6 is 31.9 Å². The lowest BCUT2D eigenvalue weighted by Gasteiger charge is -2.12. The lowest BCUT2D eigenvalue weighted by molar-refractivity contribution is 0.0732. The molecule has 2 aromatic rings. The van der Waals surface area contributed by atoms with Gasteiger partial charge in [-0.05, 0) is 78.7 Å². The molecule has 0 radical (unpaired) electrons. The summed E-state index contributed by atoms with van der Waals surface area (Å²) in [6.07, 6.45) is 0.0965. The number of carbonyl (C=O) groups is 1. The van der Waals surface area contributed by atoms with Crippen molar-refractivity contribution in [2.75, 3.05) is 0 Å². The molecule has 0 aliphatic rings. The number of rotatable bonds is 4. The number of esters is 1. The van der Waals surface area contributed by atoms with Crippen LogP contribution in [0.5, 0.6) is 11.5 Å². The third-order valence-corrected chi connectivity index (χ3v) is 3.90. The first kappa shape index (κ1) is 17.0. The number of halogens is 2. The fourth-order valence-electron chi connectivity index (χ4n) is 1.91. The lowest BCUT2D eigenvalue weighted by atomic mass is 10.2. The van der Waals surface area contributed by atoms with E-state index in [4.69, 9.17) is 9.47 Å². The van der Waals surface area contributed by atoms with Gasteiger partial charge in [0.2, 0.25) is 0 Å². The van der Waals surface area contributed by atoms with Crippen molar-refractivity contribution in [2.45, 2.75) is 26.9 Å². The highest BCUT2D eigenvalue weighted by Crippen LogP contribution is 2.33. The van der Waals surface area contributed by atoms with Crippen LogP contribution in [0.4, 0.5) is 0 Å². The maximum atomic E-state index is 12.2. The maximum absolute atomic E-state index is 12.2. The lowest BCUT2D eigenvalue weighted by Crippen LogP contribution is -2.10. The average molecular weight is 428 g/mol. The van der Waals surface area contributed by atoms with Crippen LogP contribution in [0.1, 0.15) is 29.8 Å². The van der Waals surface area contributed by atoms with Crippen molar-refractivity contribution in [1.82, 2.24) is 0 Å². The molecule has 2 aromatic carbocycles. The zero-order chi connectivity index (χ0) is 16.3. The van der Waals surface area contributed by atoms with Crippen molar-refractivity contribution < 1.29 is 14.3 Å². The first-order valence-corrected chi connectivity index (χ1v) is 8.40. The van der Waals surface area contributed by atoms with Crippen LogP contribution in [0.3, 0.4) is 0 Å². The van der Waals surface area contributed by atoms with E-state index in [1.54, 1.807) is 24.3 Å². The average Bonchev–Trinajstić information content (AvgIpc) is 2.42. The molecule has 0 atom stereocenters. The van der Waals surface area contributed by atoms with Gasteiger partial charge in [-0.1, -0.05) is 15.9 Å². The summed E-state index contributed by atoms with van der Waals surface area (Å²) in [4.78, 5) is 12.2. The summed E-state index contributed by atoms with van der Waals surface area (Å²) in [6.45, 7) is 5.80. The molecule has 0 bridgehead atoms. The third-order valence-electron chi connectivity index (χ3n) is 2.85. The summed E-state index contributed by atoms with van der Waals surface area (Å²) < 4.78 is 12.7. The molecule has 0 amide bonds. The molecule has 0 N–H and O–H groups in total. The van der Waals surface area contributed by atoms with Crippen molar-refractivity contribution in [1.29, 1.82) is 0 Å². The van der Waals surface area contributed by atoms with Crippen molar-refractivity contribution in [3.05, 3.63) is 56.5 Å². The van der Waals surface area contributed by atoms with Crippen LogP contribution < -0.4 is 9.47 Å². The molecule has 2 rings (SSSR count). The highest BCUT2D eigenvalue weighted by Gasteiger charge is 2.14. The molecule has 0 aliphatic carbocycles. The highest BCUT2D eigenvalue weighted by atomic mass is 79.9. The summed E-state index contributed by atoms with van der Waals surface area (Å²) in [5.41, 5.74) is 1.35. The van der Waals surface area contributed by atoms with Crippen LogP contribution in [0.25, 0.3) is 0 Å². The quantitative estimate of drug-likeness (QED) is 0.475. The summed E-state index contributed by atoms with van der Waals surface area (Å²) >= 11 is 6.81. The van der Waals surface area contributed by atoms with Crippen LogP contribution in [-0.2, 0) is 0 Å². The second-order valence-electron chi connectivity index (χ2n) is 5.11. The van der Waals surface area contributed by atoms with Gasteiger partial charge >= 0.3 is 5.97 Å². The summed E-state index contributed by atoms with van der Waals surface area (Å²) in [5.74, 6) is 0.852. The van der Waals surface area contributed by atoms with Gasteiger partial charge in [0, 0.05) is 4.47 Å². The minimum absolute atomic E-state index is 0.0965. The van der Waals surface area contributed by atoms with E-state index in [0.29, 0.717) is 11.3 Å². The van der Waals surface area contributed by atoms with Crippen molar-refractivity contribution in [3.63, 3.8) is 0 Å². The van der Waals surface area contributed by atoms with Gasteiger partial charge in [0.1, 0.15) is 11.5 Å². The molecule has 0 unspecified atom stereocenters. The van der Waals surface area contributed by atoms with Gasteiger partial charge in [0.25, 0.3) is 0 Å². The van der Waals surface area contributed by atoms with Crippen molar-refractivity contribution in [3.8, 4) is 11.5 Å². The van der Waals surface area contributed by atoms with Gasteiger partial charge in [-0.2, -0.15) is 0 Å². The second kappa shape index (κ2) is 7.29. The predicted octanol–water partition coefficient (Wildman–Crippen LogP) is 5.53. The molecule has 0 heterocycles. The van der Waals surface area contributed by atoms with Crippen LogP contribution in [0.2, 0.25) is 0 Å². The minimum Gasteiger partial charge on any atom is -0.491 e. The Kier molecular flexibility index (Phi) is 5.64. The zero-order valence-corrected chi connectivity index (χ0v) is 15.7. The van der Waals surface area contributed by atoms with Gasteiger partial charge in [0.05, 0.1) is 16.1 Å². The van der Waals surface area contributed by atoms with E-state index < -0.39 is 5.97 Å². The molecule has 5 heteroatoms. The van der Waals surface area contributed by atoms with Crippen LogP contribution in [-0.4, -0.2) is 12.1 Å². The number of hydrogen-bond donors (Lipinski definition) is 0. The van der Waals surface area contributed by atoms with Gasteiger partial charge in [-0.3, -0.25) is 0 Å². The SMILES string of the molecule is Cc1cc(Br)cc(Br)c1OC(=O)c1ccc(OC(C)C)cc1. The molecule has 22 heavy (non-hydrogen) atoms. The van der Waals surface area contributed by atoms with Crippen LogP contribution in [0, 0.1) is 6.92 Å². The minimum atomic E-state index is -0.401. The highest BCUT2D eigenvalue weighted by molar-refractivity contribution is 9.11. The molecule has 3 nitrogen and oxygen atoms in total. The van der Waals surface area contributed by atoms with E-state index in [1.165, 1.54) is 0 Å². The Labute approximate surface area is 146 Å². The van der Waals surface area contributed by atoms with Gasteiger partial charge < -0.3 is 9.47 Å². The maximum Gasteiger partial charge on any atom is 0.343 e. The fourth-order valence-corrected chi connectivity index (χ4v) is 3.43. The molecule has 116 valence electrons. The first-order chi connectivity index (χ1) is 10.4.